The first-order chi connectivity index (χ1) is 9.50. The summed E-state index contributed by atoms with van der Waals surface area (Å²) in [6, 6.07) is 7.94. The van der Waals surface area contributed by atoms with E-state index in [1.165, 1.54) is 0 Å². The number of hydrogen-bond acceptors (Lipinski definition) is 2. The third-order valence-corrected chi connectivity index (χ3v) is 3.67. The molecule has 5 heteroatoms. The molecular formula is C15H15N3O2. The molecule has 102 valence electrons. The van der Waals surface area contributed by atoms with Gasteiger partial charge >= 0.3 is 5.97 Å². The van der Waals surface area contributed by atoms with Gasteiger partial charge < -0.3 is 14.2 Å². The first-order valence-corrected chi connectivity index (χ1v) is 6.31. The first-order valence-electron chi connectivity index (χ1n) is 6.31. The Bertz CT molecular complexity index is 827. The van der Waals surface area contributed by atoms with Crippen LogP contribution < -0.4 is 0 Å². The van der Waals surface area contributed by atoms with E-state index in [9.17, 15) is 9.90 Å². The van der Waals surface area contributed by atoms with Gasteiger partial charge in [-0.3, -0.25) is 0 Å². The summed E-state index contributed by atoms with van der Waals surface area (Å²) >= 11 is 0. The van der Waals surface area contributed by atoms with Gasteiger partial charge in [-0.05, 0) is 13.0 Å². The standard InChI is InChI=1S/C15H15N3O2/c1-9-16-13(15(19)20)14(18(9)3)11-8-17(2)12-7-5-4-6-10(11)12/h4-8H,1-3H3,(H,19,20). The number of benzene rings is 1. The lowest BCUT2D eigenvalue weighted by Crippen LogP contribution is -2.01. The zero-order valence-electron chi connectivity index (χ0n) is 11.6. The average molecular weight is 269 g/mol. The number of para-hydroxylation sites is 1. The minimum absolute atomic E-state index is 0.0985. The van der Waals surface area contributed by atoms with Crippen LogP contribution in [0.25, 0.3) is 22.2 Å². The number of aryl methyl sites for hydroxylation is 2. The maximum absolute atomic E-state index is 11.4. The van der Waals surface area contributed by atoms with Crippen LogP contribution in [0.2, 0.25) is 0 Å². The molecular weight excluding hydrogens is 254 g/mol. The van der Waals surface area contributed by atoms with Crippen molar-refractivity contribution < 1.29 is 9.90 Å². The third kappa shape index (κ3) is 1.63. The van der Waals surface area contributed by atoms with Gasteiger partial charge in [-0.25, -0.2) is 9.78 Å². The number of carboxylic acids is 1. The van der Waals surface area contributed by atoms with Crippen molar-refractivity contribution in [1.29, 1.82) is 0 Å². The number of rotatable bonds is 2. The molecule has 0 fully saturated rings. The molecule has 3 aromatic rings. The Morgan fingerprint density at radius 1 is 1.25 bits per heavy atom. The summed E-state index contributed by atoms with van der Waals surface area (Å²) in [5.41, 5.74) is 2.70. The Kier molecular flexibility index (Phi) is 2.64. The highest BCUT2D eigenvalue weighted by Gasteiger charge is 2.22. The van der Waals surface area contributed by atoms with Crippen LogP contribution in [0.4, 0.5) is 0 Å². The predicted octanol–water partition coefficient (Wildman–Crippen LogP) is 2.59. The molecule has 0 spiro atoms. The molecule has 0 aliphatic heterocycles. The molecule has 0 saturated carbocycles. The lowest BCUT2D eigenvalue weighted by molar-refractivity contribution is 0.0692. The predicted molar refractivity (Wildman–Crippen MR) is 76.8 cm³/mol. The van der Waals surface area contributed by atoms with Crippen molar-refractivity contribution in [2.45, 2.75) is 6.92 Å². The maximum atomic E-state index is 11.4. The van der Waals surface area contributed by atoms with Gasteiger partial charge in [0.25, 0.3) is 0 Å². The first kappa shape index (κ1) is 12.5. The lowest BCUT2D eigenvalue weighted by atomic mass is 10.1. The molecule has 0 aliphatic rings. The zero-order valence-corrected chi connectivity index (χ0v) is 11.6. The molecule has 0 unspecified atom stereocenters. The highest BCUT2D eigenvalue weighted by molar-refractivity contribution is 6.01. The van der Waals surface area contributed by atoms with E-state index in [0.717, 1.165) is 16.5 Å². The molecule has 0 bridgehead atoms. The Morgan fingerprint density at radius 2 is 1.95 bits per heavy atom. The van der Waals surface area contributed by atoms with Crippen molar-refractivity contribution in [3.8, 4) is 11.3 Å². The van der Waals surface area contributed by atoms with E-state index in [1.54, 1.807) is 6.92 Å². The quantitative estimate of drug-likeness (QED) is 0.778. The molecule has 0 radical (unpaired) electrons. The van der Waals surface area contributed by atoms with Gasteiger partial charge in [0.1, 0.15) is 5.82 Å². The van der Waals surface area contributed by atoms with Gasteiger partial charge in [0, 0.05) is 36.8 Å². The second-order valence-corrected chi connectivity index (χ2v) is 4.89. The Labute approximate surface area is 116 Å². The molecule has 0 saturated heterocycles. The molecule has 1 aromatic carbocycles. The monoisotopic (exact) mass is 269 g/mol. The summed E-state index contributed by atoms with van der Waals surface area (Å²) in [7, 11) is 3.79. The van der Waals surface area contributed by atoms with E-state index in [1.807, 2.05) is 53.7 Å². The van der Waals surface area contributed by atoms with E-state index in [-0.39, 0.29) is 5.69 Å². The van der Waals surface area contributed by atoms with Crippen LogP contribution in [0.1, 0.15) is 16.3 Å². The molecule has 1 N–H and O–H groups in total. The van der Waals surface area contributed by atoms with Crippen LogP contribution in [0, 0.1) is 6.92 Å². The smallest absolute Gasteiger partial charge is 0.356 e. The van der Waals surface area contributed by atoms with Crippen LogP contribution in [-0.2, 0) is 14.1 Å². The summed E-state index contributed by atoms with van der Waals surface area (Å²) < 4.78 is 3.82. The van der Waals surface area contributed by atoms with Crippen molar-refractivity contribution in [2.75, 3.05) is 0 Å². The van der Waals surface area contributed by atoms with Crippen molar-refractivity contribution >= 4 is 16.9 Å². The Balaban J connectivity index is 2.40. The molecule has 3 rings (SSSR count). The van der Waals surface area contributed by atoms with Crippen molar-refractivity contribution in [2.24, 2.45) is 14.1 Å². The normalized spacial score (nSPS) is 11.2. The number of aromatic nitrogens is 3. The summed E-state index contributed by atoms with van der Waals surface area (Å²) in [5.74, 6) is -0.318. The summed E-state index contributed by atoms with van der Waals surface area (Å²) in [6.07, 6.45) is 1.95. The lowest BCUT2D eigenvalue weighted by Gasteiger charge is -2.03. The fourth-order valence-electron chi connectivity index (χ4n) is 2.60. The van der Waals surface area contributed by atoms with Crippen LogP contribution in [-0.4, -0.2) is 25.2 Å². The number of hydrogen-bond donors (Lipinski definition) is 1. The number of carboxylic acid groups (broad SMARTS) is 1. The van der Waals surface area contributed by atoms with Crippen LogP contribution in [0.5, 0.6) is 0 Å². The number of imidazole rings is 1. The largest absolute Gasteiger partial charge is 0.476 e. The number of nitrogens with zero attached hydrogens (tertiary/aromatic N) is 3. The van der Waals surface area contributed by atoms with E-state index in [4.69, 9.17) is 0 Å². The topological polar surface area (TPSA) is 60.0 Å². The minimum Gasteiger partial charge on any atom is -0.476 e. The molecule has 2 heterocycles. The van der Waals surface area contributed by atoms with Gasteiger partial charge in [0.05, 0.1) is 5.69 Å². The third-order valence-electron chi connectivity index (χ3n) is 3.67. The van der Waals surface area contributed by atoms with E-state index < -0.39 is 5.97 Å². The summed E-state index contributed by atoms with van der Waals surface area (Å²) in [4.78, 5) is 15.6. The highest BCUT2D eigenvalue weighted by atomic mass is 16.4. The van der Waals surface area contributed by atoms with Crippen LogP contribution in [0.3, 0.4) is 0 Å². The molecule has 0 atom stereocenters. The van der Waals surface area contributed by atoms with Gasteiger partial charge in [0.15, 0.2) is 5.69 Å². The summed E-state index contributed by atoms with van der Waals surface area (Å²) in [6.45, 7) is 1.81. The molecule has 20 heavy (non-hydrogen) atoms. The SMILES string of the molecule is Cc1nc(C(=O)O)c(-c2cn(C)c3ccccc23)n1C. The second kappa shape index (κ2) is 4.23. The maximum Gasteiger partial charge on any atom is 0.356 e. The van der Waals surface area contributed by atoms with Gasteiger partial charge in [0.2, 0.25) is 0 Å². The molecule has 0 amide bonds. The minimum atomic E-state index is -1.00. The van der Waals surface area contributed by atoms with Gasteiger partial charge in [-0.1, -0.05) is 18.2 Å². The Morgan fingerprint density at radius 3 is 2.65 bits per heavy atom. The number of fused-ring (bicyclic) bond motifs is 1. The van der Waals surface area contributed by atoms with Crippen molar-refractivity contribution in [3.63, 3.8) is 0 Å². The van der Waals surface area contributed by atoms with Gasteiger partial charge in [-0.2, -0.15) is 0 Å². The number of carbonyl (C=O) groups is 1. The molecule has 2 aromatic heterocycles. The van der Waals surface area contributed by atoms with Crippen LogP contribution in [0.15, 0.2) is 30.5 Å². The van der Waals surface area contributed by atoms with Crippen LogP contribution >= 0.6 is 0 Å². The van der Waals surface area contributed by atoms with E-state index in [2.05, 4.69) is 4.98 Å². The van der Waals surface area contributed by atoms with Crippen molar-refractivity contribution in [3.05, 3.63) is 42.0 Å². The zero-order chi connectivity index (χ0) is 14.4. The molecule has 0 aliphatic carbocycles. The molecule has 5 nitrogen and oxygen atoms in total. The van der Waals surface area contributed by atoms with Crippen molar-refractivity contribution in [1.82, 2.24) is 14.1 Å². The fraction of sp³-hybridized carbons (Fsp3) is 0.200. The van der Waals surface area contributed by atoms with E-state index >= 15 is 0 Å². The number of aromatic carboxylic acids is 1. The van der Waals surface area contributed by atoms with Gasteiger partial charge in [-0.15, -0.1) is 0 Å². The highest BCUT2D eigenvalue weighted by Crippen LogP contribution is 2.32. The average Bonchev–Trinajstić information content (AvgIpc) is 2.90. The fourth-order valence-corrected chi connectivity index (χ4v) is 2.60. The Hall–Kier alpha value is -2.56. The summed E-state index contributed by atoms with van der Waals surface area (Å²) in [5, 5.41) is 10.4. The second-order valence-electron chi connectivity index (χ2n) is 4.89. The van der Waals surface area contributed by atoms with E-state index in [0.29, 0.717) is 11.5 Å².